The molecule has 4 heteroatoms. The Hall–Kier alpha value is -2.59. The van der Waals surface area contributed by atoms with Crippen molar-refractivity contribution in [3.05, 3.63) is 71.9 Å². The van der Waals surface area contributed by atoms with Gasteiger partial charge in [0.25, 0.3) is 5.91 Å². The number of amides is 1. The maximum atomic E-state index is 12.5. The number of carbonyl (C=O) groups excluding carboxylic acids is 1. The number of fused-ring (bicyclic) bond motifs is 1. The van der Waals surface area contributed by atoms with Gasteiger partial charge >= 0.3 is 0 Å². The molecule has 3 rings (SSSR count). The number of aromatic nitrogens is 1. The predicted octanol–water partition coefficient (Wildman–Crippen LogP) is 2.63. The molecule has 2 aromatic carbocycles. The number of aliphatic hydroxyl groups is 1. The molecule has 0 bridgehead atoms. The lowest BCUT2D eigenvalue weighted by Crippen LogP contribution is -2.30. The highest BCUT2D eigenvalue weighted by Gasteiger charge is 2.16. The summed E-state index contributed by atoms with van der Waals surface area (Å²) in [6.07, 6.45) is 1.81. The van der Waals surface area contributed by atoms with Gasteiger partial charge in [0.2, 0.25) is 0 Å². The molecule has 1 aromatic heterocycles. The normalized spacial score (nSPS) is 12.2. The van der Waals surface area contributed by atoms with E-state index in [1.807, 2.05) is 54.7 Å². The summed E-state index contributed by atoms with van der Waals surface area (Å²) in [6, 6.07) is 16.5. The monoisotopic (exact) mass is 280 g/mol. The molecule has 0 saturated heterocycles. The van der Waals surface area contributed by atoms with Gasteiger partial charge < -0.3 is 15.4 Å². The number of hydrogen-bond acceptors (Lipinski definition) is 2. The summed E-state index contributed by atoms with van der Waals surface area (Å²) in [7, 11) is 0. The van der Waals surface area contributed by atoms with E-state index in [0.29, 0.717) is 5.56 Å². The molecule has 1 amide bonds. The molecule has 0 aliphatic heterocycles. The number of para-hydroxylation sites is 1. The van der Waals surface area contributed by atoms with E-state index in [1.165, 1.54) is 0 Å². The first-order valence-electron chi connectivity index (χ1n) is 6.82. The van der Waals surface area contributed by atoms with Crippen LogP contribution >= 0.6 is 0 Å². The Morgan fingerprint density at radius 1 is 1.10 bits per heavy atom. The van der Waals surface area contributed by atoms with E-state index in [4.69, 9.17) is 0 Å². The van der Waals surface area contributed by atoms with Crippen molar-refractivity contribution in [2.75, 3.05) is 6.61 Å². The highest BCUT2D eigenvalue weighted by Crippen LogP contribution is 2.18. The second kappa shape index (κ2) is 5.81. The summed E-state index contributed by atoms with van der Waals surface area (Å²) >= 11 is 0. The lowest BCUT2D eigenvalue weighted by molar-refractivity contribution is 0.0917. The van der Waals surface area contributed by atoms with Crippen LogP contribution in [-0.4, -0.2) is 22.6 Å². The minimum absolute atomic E-state index is 0.142. The van der Waals surface area contributed by atoms with E-state index in [0.717, 1.165) is 16.5 Å². The van der Waals surface area contributed by atoms with Gasteiger partial charge in [0.05, 0.1) is 23.7 Å². The van der Waals surface area contributed by atoms with Crippen LogP contribution in [0.3, 0.4) is 0 Å². The summed E-state index contributed by atoms with van der Waals surface area (Å²) in [5, 5.41) is 13.4. The third-order valence-electron chi connectivity index (χ3n) is 3.52. The first-order chi connectivity index (χ1) is 10.3. The van der Waals surface area contributed by atoms with E-state index in [1.54, 1.807) is 6.07 Å². The Kier molecular flexibility index (Phi) is 3.71. The fourth-order valence-corrected chi connectivity index (χ4v) is 2.43. The van der Waals surface area contributed by atoms with Crippen molar-refractivity contribution in [2.24, 2.45) is 0 Å². The smallest absolute Gasteiger partial charge is 0.253 e. The molecule has 0 spiro atoms. The summed E-state index contributed by atoms with van der Waals surface area (Å²) in [5.74, 6) is -0.203. The van der Waals surface area contributed by atoms with Crippen LogP contribution in [0.15, 0.2) is 60.8 Å². The number of hydrogen-bond donors (Lipinski definition) is 3. The van der Waals surface area contributed by atoms with Crippen LogP contribution in [0.5, 0.6) is 0 Å². The Morgan fingerprint density at radius 2 is 1.90 bits per heavy atom. The first-order valence-corrected chi connectivity index (χ1v) is 6.82. The molecule has 1 heterocycles. The molecule has 3 N–H and O–H groups in total. The van der Waals surface area contributed by atoms with Crippen molar-refractivity contribution in [3.63, 3.8) is 0 Å². The standard InChI is InChI=1S/C17H16N2O2/c20-11-15(12-5-2-1-3-6-12)19-17(21)14-8-4-7-13-9-10-18-16(13)14/h1-10,15,18,20H,11H2,(H,19,21)/t15-/m0/s1. The number of H-pyrrole nitrogens is 1. The zero-order valence-corrected chi connectivity index (χ0v) is 11.4. The summed E-state index contributed by atoms with van der Waals surface area (Å²) in [5.41, 5.74) is 2.26. The van der Waals surface area contributed by atoms with Crippen LogP contribution in [0.1, 0.15) is 22.0 Å². The van der Waals surface area contributed by atoms with Crippen LogP contribution in [0, 0.1) is 0 Å². The Bertz CT molecular complexity index is 750. The molecule has 0 unspecified atom stereocenters. The minimum Gasteiger partial charge on any atom is -0.394 e. The van der Waals surface area contributed by atoms with Crippen LogP contribution < -0.4 is 5.32 Å². The van der Waals surface area contributed by atoms with Crippen molar-refractivity contribution >= 4 is 16.8 Å². The van der Waals surface area contributed by atoms with E-state index in [2.05, 4.69) is 10.3 Å². The second-order valence-corrected chi connectivity index (χ2v) is 4.87. The molecule has 0 radical (unpaired) electrons. The van der Waals surface area contributed by atoms with E-state index < -0.39 is 6.04 Å². The third kappa shape index (κ3) is 2.66. The number of benzene rings is 2. The number of aliphatic hydroxyl groups excluding tert-OH is 1. The number of carbonyl (C=O) groups is 1. The topological polar surface area (TPSA) is 65.1 Å². The molecule has 106 valence electrons. The SMILES string of the molecule is O=C(N[C@@H](CO)c1ccccc1)c1cccc2cc[nH]c12. The molecular formula is C17H16N2O2. The van der Waals surface area contributed by atoms with Gasteiger partial charge in [0, 0.05) is 11.6 Å². The Labute approximate surface area is 122 Å². The average Bonchev–Trinajstić information content (AvgIpc) is 3.01. The summed E-state index contributed by atoms with van der Waals surface area (Å²) in [4.78, 5) is 15.5. The van der Waals surface area contributed by atoms with Gasteiger partial charge in [-0.3, -0.25) is 4.79 Å². The number of rotatable bonds is 4. The number of nitrogens with one attached hydrogen (secondary N) is 2. The van der Waals surface area contributed by atoms with Gasteiger partial charge in [-0.2, -0.15) is 0 Å². The minimum atomic E-state index is -0.413. The van der Waals surface area contributed by atoms with Gasteiger partial charge in [-0.05, 0) is 17.7 Å². The Balaban J connectivity index is 1.87. The van der Waals surface area contributed by atoms with Gasteiger partial charge in [0.15, 0.2) is 0 Å². The molecule has 0 fully saturated rings. The quantitative estimate of drug-likeness (QED) is 0.688. The fourth-order valence-electron chi connectivity index (χ4n) is 2.43. The number of aromatic amines is 1. The second-order valence-electron chi connectivity index (χ2n) is 4.87. The zero-order valence-electron chi connectivity index (χ0n) is 11.4. The molecular weight excluding hydrogens is 264 g/mol. The largest absolute Gasteiger partial charge is 0.394 e. The van der Waals surface area contributed by atoms with Crippen LogP contribution in [0.2, 0.25) is 0 Å². The maximum Gasteiger partial charge on any atom is 0.253 e. The lowest BCUT2D eigenvalue weighted by atomic mass is 10.1. The molecule has 1 atom stereocenters. The zero-order chi connectivity index (χ0) is 14.7. The third-order valence-corrected chi connectivity index (χ3v) is 3.52. The van der Waals surface area contributed by atoms with Gasteiger partial charge in [-0.15, -0.1) is 0 Å². The van der Waals surface area contributed by atoms with Crippen molar-refractivity contribution in [2.45, 2.75) is 6.04 Å². The predicted molar refractivity (Wildman–Crippen MR) is 82.0 cm³/mol. The van der Waals surface area contributed by atoms with E-state index >= 15 is 0 Å². The summed E-state index contributed by atoms with van der Waals surface area (Å²) < 4.78 is 0. The summed E-state index contributed by atoms with van der Waals surface area (Å²) in [6.45, 7) is -0.142. The van der Waals surface area contributed by atoms with Crippen molar-refractivity contribution in [1.82, 2.24) is 10.3 Å². The van der Waals surface area contributed by atoms with E-state index in [9.17, 15) is 9.90 Å². The van der Waals surface area contributed by atoms with Crippen molar-refractivity contribution in [3.8, 4) is 0 Å². The molecule has 3 aromatic rings. The fraction of sp³-hybridized carbons (Fsp3) is 0.118. The molecule has 21 heavy (non-hydrogen) atoms. The Morgan fingerprint density at radius 3 is 2.67 bits per heavy atom. The molecule has 0 aliphatic rings. The maximum absolute atomic E-state index is 12.5. The lowest BCUT2D eigenvalue weighted by Gasteiger charge is -2.17. The van der Waals surface area contributed by atoms with Crippen LogP contribution in [-0.2, 0) is 0 Å². The van der Waals surface area contributed by atoms with Crippen LogP contribution in [0.4, 0.5) is 0 Å². The van der Waals surface area contributed by atoms with Crippen molar-refractivity contribution < 1.29 is 9.90 Å². The van der Waals surface area contributed by atoms with Gasteiger partial charge in [-0.25, -0.2) is 0 Å². The van der Waals surface area contributed by atoms with Crippen LogP contribution in [0.25, 0.3) is 10.9 Å². The average molecular weight is 280 g/mol. The highest BCUT2D eigenvalue weighted by atomic mass is 16.3. The van der Waals surface area contributed by atoms with E-state index in [-0.39, 0.29) is 12.5 Å². The molecule has 0 aliphatic carbocycles. The molecule has 4 nitrogen and oxygen atoms in total. The first kappa shape index (κ1) is 13.4. The van der Waals surface area contributed by atoms with Crippen molar-refractivity contribution in [1.29, 1.82) is 0 Å². The van der Waals surface area contributed by atoms with Gasteiger partial charge in [-0.1, -0.05) is 42.5 Å². The molecule has 0 saturated carbocycles. The van der Waals surface area contributed by atoms with Gasteiger partial charge in [0.1, 0.15) is 0 Å². The highest BCUT2D eigenvalue weighted by molar-refractivity contribution is 6.05.